The fraction of sp³-hybridized carbons (Fsp3) is 0.150. The summed E-state index contributed by atoms with van der Waals surface area (Å²) < 4.78 is 28.3. The number of para-hydroxylation sites is 1. The molecule has 1 aromatic heterocycles. The number of hydrogen-bond donors (Lipinski definition) is 2. The van der Waals surface area contributed by atoms with E-state index in [-0.39, 0.29) is 12.0 Å². The minimum absolute atomic E-state index is 0.0238. The van der Waals surface area contributed by atoms with Crippen LogP contribution < -0.4 is 10.6 Å². The molecule has 0 radical (unpaired) electrons. The van der Waals surface area contributed by atoms with Gasteiger partial charge in [-0.3, -0.25) is 9.59 Å². The fourth-order valence-corrected chi connectivity index (χ4v) is 2.71. The number of hydrogen-bond acceptors (Lipinski definition) is 3. The highest BCUT2D eigenvalue weighted by atomic mass is 19.2. The average molecular weight is 384 g/mol. The first-order valence-electron chi connectivity index (χ1n) is 8.53. The lowest BCUT2D eigenvalue weighted by molar-refractivity contribution is -0.128. The molecule has 0 aliphatic rings. The molecule has 3 rings (SSSR count). The highest BCUT2D eigenvalue weighted by molar-refractivity contribution is 5.89. The maximum Gasteiger partial charge on any atom is 0.246 e. The summed E-state index contributed by atoms with van der Waals surface area (Å²) in [6.45, 7) is 0. The maximum atomic E-state index is 13.5. The Kier molecular flexibility index (Phi) is 5.78. The van der Waals surface area contributed by atoms with Crippen molar-refractivity contribution >= 4 is 11.8 Å². The van der Waals surface area contributed by atoms with Crippen molar-refractivity contribution in [3.63, 3.8) is 0 Å². The van der Waals surface area contributed by atoms with Gasteiger partial charge in [0.15, 0.2) is 11.6 Å². The van der Waals surface area contributed by atoms with E-state index in [0.29, 0.717) is 5.56 Å². The number of amides is 2. The van der Waals surface area contributed by atoms with Crippen LogP contribution in [0.1, 0.15) is 17.2 Å². The number of rotatable bonds is 6. The van der Waals surface area contributed by atoms with Crippen LogP contribution in [0.15, 0.2) is 60.9 Å². The third-order valence-corrected chi connectivity index (χ3v) is 4.11. The molecule has 0 aliphatic carbocycles. The molecule has 0 bridgehead atoms. The molecule has 0 spiro atoms. The number of carbonyl (C=O) groups is 2. The van der Waals surface area contributed by atoms with Crippen LogP contribution >= 0.6 is 0 Å². The summed E-state index contributed by atoms with van der Waals surface area (Å²) in [5, 5.41) is 9.17. The molecule has 6 nitrogen and oxygen atoms in total. The standard InChI is InChI=1S/C20H18F2N4O2/c1-23-20(28)19(14-7-8-16(21)17(22)10-14)25-18(27)9-13-11-24-26(12-13)15-5-3-2-4-6-15/h2-8,10-12,19H,9H2,1H3,(H,23,28)(H,25,27). The van der Waals surface area contributed by atoms with Crippen LogP contribution in [0.2, 0.25) is 0 Å². The molecule has 0 aliphatic heterocycles. The van der Waals surface area contributed by atoms with E-state index >= 15 is 0 Å². The third-order valence-electron chi connectivity index (χ3n) is 4.11. The van der Waals surface area contributed by atoms with Crippen LogP contribution in [0.25, 0.3) is 5.69 Å². The van der Waals surface area contributed by atoms with Crippen LogP contribution in [0.4, 0.5) is 8.78 Å². The second-order valence-electron chi connectivity index (χ2n) is 6.09. The van der Waals surface area contributed by atoms with Crippen molar-refractivity contribution in [2.45, 2.75) is 12.5 Å². The monoisotopic (exact) mass is 384 g/mol. The average Bonchev–Trinajstić information content (AvgIpc) is 3.17. The van der Waals surface area contributed by atoms with Crippen molar-refractivity contribution < 1.29 is 18.4 Å². The normalized spacial score (nSPS) is 11.7. The second-order valence-corrected chi connectivity index (χ2v) is 6.09. The van der Waals surface area contributed by atoms with E-state index in [1.54, 1.807) is 17.1 Å². The molecule has 2 N–H and O–H groups in total. The molecule has 1 heterocycles. The summed E-state index contributed by atoms with van der Waals surface area (Å²) >= 11 is 0. The Hall–Kier alpha value is -3.55. The van der Waals surface area contributed by atoms with Gasteiger partial charge >= 0.3 is 0 Å². The first-order valence-corrected chi connectivity index (χ1v) is 8.53. The molecule has 2 amide bonds. The quantitative estimate of drug-likeness (QED) is 0.685. The molecule has 0 fully saturated rings. The van der Waals surface area contributed by atoms with E-state index in [2.05, 4.69) is 15.7 Å². The van der Waals surface area contributed by atoms with Crippen molar-refractivity contribution in [1.82, 2.24) is 20.4 Å². The van der Waals surface area contributed by atoms with Crippen LogP contribution in [-0.4, -0.2) is 28.6 Å². The van der Waals surface area contributed by atoms with E-state index in [9.17, 15) is 18.4 Å². The number of nitrogens with one attached hydrogen (secondary N) is 2. The van der Waals surface area contributed by atoms with Crippen molar-refractivity contribution in [2.24, 2.45) is 0 Å². The van der Waals surface area contributed by atoms with E-state index in [0.717, 1.165) is 17.8 Å². The Morgan fingerprint density at radius 3 is 2.54 bits per heavy atom. The lowest BCUT2D eigenvalue weighted by atomic mass is 10.1. The van der Waals surface area contributed by atoms with Crippen LogP contribution in [0.3, 0.4) is 0 Å². The van der Waals surface area contributed by atoms with E-state index in [1.807, 2.05) is 30.3 Å². The smallest absolute Gasteiger partial charge is 0.246 e. The van der Waals surface area contributed by atoms with Gasteiger partial charge in [0.05, 0.1) is 18.3 Å². The summed E-state index contributed by atoms with van der Waals surface area (Å²) in [7, 11) is 1.39. The summed E-state index contributed by atoms with van der Waals surface area (Å²) in [6, 6.07) is 11.3. The van der Waals surface area contributed by atoms with Crippen molar-refractivity contribution in [3.8, 4) is 5.69 Å². The lowest BCUT2D eigenvalue weighted by Gasteiger charge is -2.17. The lowest BCUT2D eigenvalue weighted by Crippen LogP contribution is -2.39. The molecule has 1 unspecified atom stereocenters. The zero-order valence-electron chi connectivity index (χ0n) is 15.0. The predicted molar refractivity (Wildman–Crippen MR) is 98.6 cm³/mol. The predicted octanol–water partition coefficient (Wildman–Crippen LogP) is 2.30. The number of aromatic nitrogens is 2. The Morgan fingerprint density at radius 1 is 1.11 bits per heavy atom. The van der Waals surface area contributed by atoms with Crippen LogP contribution in [0.5, 0.6) is 0 Å². The highest BCUT2D eigenvalue weighted by Gasteiger charge is 2.23. The minimum Gasteiger partial charge on any atom is -0.357 e. The topological polar surface area (TPSA) is 76.0 Å². The number of likely N-dealkylation sites (N-methyl/N-ethyl adjacent to an activating group) is 1. The first kappa shape index (κ1) is 19.2. The summed E-state index contributed by atoms with van der Waals surface area (Å²) in [6.07, 6.45) is 3.24. The summed E-state index contributed by atoms with van der Waals surface area (Å²) in [5.41, 5.74) is 1.63. The van der Waals surface area contributed by atoms with Gasteiger partial charge in [-0.15, -0.1) is 0 Å². The Morgan fingerprint density at radius 2 is 1.86 bits per heavy atom. The van der Waals surface area contributed by atoms with Gasteiger partial charge < -0.3 is 10.6 Å². The molecule has 0 saturated heterocycles. The fourth-order valence-electron chi connectivity index (χ4n) is 2.71. The summed E-state index contributed by atoms with van der Waals surface area (Å²) in [4.78, 5) is 24.5. The number of carbonyl (C=O) groups excluding carboxylic acids is 2. The first-order chi connectivity index (χ1) is 13.5. The van der Waals surface area contributed by atoms with E-state index < -0.39 is 29.5 Å². The number of benzene rings is 2. The molecule has 3 aromatic rings. The maximum absolute atomic E-state index is 13.5. The minimum atomic E-state index is -1.14. The molecule has 8 heteroatoms. The Bertz CT molecular complexity index is 989. The van der Waals surface area contributed by atoms with Gasteiger partial charge in [0.25, 0.3) is 0 Å². The zero-order chi connectivity index (χ0) is 20.1. The van der Waals surface area contributed by atoms with Crippen molar-refractivity contribution in [1.29, 1.82) is 0 Å². The number of halogens is 2. The molecule has 2 aromatic carbocycles. The highest BCUT2D eigenvalue weighted by Crippen LogP contribution is 2.17. The Balaban J connectivity index is 1.73. The molecule has 1 atom stereocenters. The van der Waals surface area contributed by atoms with Gasteiger partial charge in [0.2, 0.25) is 11.8 Å². The largest absolute Gasteiger partial charge is 0.357 e. The Labute approximate surface area is 160 Å². The van der Waals surface area contributed by atoms with Gasteiger partial charge in [-0.25, -0.2) is 13.5 Å². The van der Waals surface area contributed by atoms with Crippen molar-refractivity contribution in [2.75, 3.05) is 7.05 Å². The summed E-state index contributed by atoms with van der Waals surface area (Å²) in [5.74, 6) is -3.12. The van der Waals surface area contributed by atoms with Crippen LogP contribution in [0, 0.1) is 11.6 Å². The third kappa shape index (κ3) is 4.40. The van der Waals surface area contributed by atoms with Gasteiger partial charge in [-0.1, -0.05) is 24.3 Å². The van der Waals surface area contributed by atoms with Crippen molar-refractivity contribution in [3.05, 3.63) is 83.7 Å². The number of nitrogens with zero attached hydrogens (tertiary/aromatic N) is 2. The van der Waals surface area contributed by atoms with Gasteiger partial charge in [0.1, 0.15) is 6.04 Å². The van der Waals surface area contributed by atoms with Gasteiger partial charge in [-0.05, 0) is 35.4 Å². The van der Waals surface area contributed by atoms with Gasteiger partial charge in [0, 0.05) is 13.2 Å². The molecule has 144 valence electrons. The molecular weight excluding hydrogens is 366 g/mol. The van der Waals surface area contributed by atoms with E-state index in [4.69, 9.17) is 0 Å². The van der Waals surface area contributed by atoms with E-state index in [1.165, 1.54) is 13.1 Å². The molecule has 28 heavy (non-hydrogen) atoms. The van der Waals surface area contributed by atoms with Gasteiger partial charge in [-0.2, -0.15) is 5.10 Å². The molecular formula is C20H18F2N4O2. The second kappa shape index (κ2) is 8.43. The molecule has 0 saturated carbocycles. The SMILES string of the molecule is CNC(=O)C(NC(=O)Cc1cnn(-c2ccccc2)c1)c1ccc(F)c(F)c1. The zero-order valence-corrected chi connectivity index (χ0v) is 15.0. The van der Waals surface area contributed by atoms with Crippen LogP contribution in [-0.2, 0) is 16.0 Å².